The van der Waals surface area contributed by atoms with Crippen molar-refractivity contribution in [3.63, 3.8) is 0 Å². The molecule has 0 saturated heterocycles. The third kappa shape index (κ3) is 4.36. The fourth-order valence-electron chi connectivity index (χ4n) is 2.82. The zero-order chi connectivity index (χ0) is 15.5. The Balaban J connectivity index is 2.09. The second-order valence-corrected chi connectivity index (χ2v) is 6.42. The van der Waals surface area contributed by atoms with Gasteiger partial charge < -0.3 is 5.32 Å². The van der Waals surface area contributed by atoms with Crippen molar-refractivity contribution < 1.29 is 17.6 Å². The van der Waals surface area contributed by atoms with Crippen LogP contribution in [0.1, 0.15) is 36.8 Å². The van der Waals surface area contributed by atoms with Crippen LogP contribution in [0.5, 0.6) is 0 Å². The third-order valence-corrected chi connectivity index (χ3v) is 5.11. The Labute approximate surface area is 126 Å². The standard InChI is InChI=1S/C15H19F4NS/c1-21-14-5-3-2-4-13(14)20-9-10-6-7-11(16)8-12(10)15(17,18)19/h6-8,13-14,20H,2-5,9H2,1H3. The van der Waals surface area contributed by atoms with E-state index in [2.05, 4.69) is 5.32 Å². The maximum absolute atomic E-state index is 13.1. The van der Waals surface area contributed by atoms with E-state index in [0.29, 0.717) is 11.3 Å². The lowest BCUT2D eigenvalue weighted by Gasteiger charge is -2.31. The average molecular weight is 321 g/mol. The highest BCUT2D eigenvalue weighted by Crippen LogP contribution is 2.33. The summed E-state index contributed by atoms with van der Waals surface area (Å²) in [6.07, 6.45) is 1.86. The van der Waals surface area contributed by atoms with Crippen LogP contribution in [0.15, 0.2) is 18.2 Å². The van der Waals surface area contributed by atoms with E-state index in [-0.39, 0.29) is 18.2 Å². The summed E-state index contributed by atoms with van der Waals surface area (Å²) in [6, 6.07) is 3.10. The molecular formula is C15H19F4NS. The Hall–Kier alpha value is -0.750. The van der Waals surface area contributed by atoms with Gasteiger partial charge in [0.2, 0.25) is 0 Å². The normalized spacial score (nSPS) is 23.3. The predicted octanol–water partition coefficient (Wildman–Crippen LogP) is 4.61. The summed E-state index contributed by atoms with van der Waals surface area (Å²) in [7, 11) is 0. The molecule has 21 heavy (non-hydrogen) atoms. The van der Waals surface area contributed by atoms with Crippen LogP contribution in [-0.4, -0.2) is 17.5 Å². The van der Waals surface area contributed by atoms with Gasteiger partial charge in [0, 0.05) is 17.8 Å². The number of hydrogen-bond donors (Lipinski definition) is 1. The van der Waals surface area contributed by atoms with Crippen molar-refractivity contribution in [2.24, 2.45) is 0 Å². The van der Waals surface area contributed by atoms with Crippen molar-refractivity contribution in [3.8, 4) is 0 Å². The van der Waals surface area contributed by atoms with Crippen LogP contribution in [0.2, 0.25) is 0 Å². The van der Waals surface area contributed by atoms with Gasteiger partial charge in [-0.25, -0.2) is 4.39 Å². The summed E-state index contributed by atoms with van der Waals surface area (Å²) in [5.41, 5.74) is -0.777. The van der Waals surface area contributed by atoms with Crippen LogP contribution < -0.4 is 5.32 Å². The minimum Gasteiger partial charge on any atom is -0.309 e. The first kappa shape index (κ1) is 16.6. The van der Waals surface area contributed by atoms with Gasteiger partial charge in [0.05, 0.1) is 5.56 Å². The molecule has 1 fully saturated rings. The molecule has 1 saturated carbocycles. The molecule has 0 amide bonds. The lowest BCUT2D eigenvalue weighted by atomic mass is 9.94. The number of alkyl halides is 3. The number of rotatable bonds is 4. The average Bonchev–Trinajstić information content (AvgIpc) is 2.45. The van der Waals surface area contributed by atoms with Gasteiger partial charge in [-0.05, 0) is 36.8 Å². The van der Waals surface area contributed by atoms with E-state index >= 15 is 0 Å². The summed E-state index contributed by atoms with van der Waals surface area (Å²) >= 11 is 1.76. The molecule has 0 spiro atoms. The van der Waals surface area contributed by atoms with Crippen LogP contribution in [0.4, 0.5) is 17.6 Å². The fourth-order valence-corrected chi connectivity index (χ4v) is 3.78. The van der Waals surface area contributed by atoms with E-state index in [1.165, 1.54) is 12.5 Å². The first-order valence-corrected chi connectivity index (χ1v) is 8.32. The van der Waals surface area contributed by atoms with Crippen molar-refractivity contribution in [1.29, 1.82) is 0 Å². The largest absolute Gasteiger partial charge is 0.416 e. The van der Waals surface area contributed by atoms with E-state index in [1.807, 2.05) is 6.26 Å². The van der Waals surface area contributed by atoms with Gasteiger partial charge in [0.1, 0.15) is 5.82 Å². The highest BCUT2D eigenvalue weighted by molar-refractivity contribution is 7.99. The molecule has 6 heteroatoms. The summed E-state index contributed by atoms with van der Waals surface area (Å²) < 4.78 is 51.9. The Morgan fingerprint density at radius 3 is 2.62 bits per heavy atom. The summed E-state index contributed by atoms with van der Waals surface area (Å²) in [4.78, 5) is 0. The zero-order valence-electron chi connectivity index (χ0n) is 11.8. The Bertz CT molecular complexity index is 475. The monoisotopic (exact) mass is 321 g/mol. The second-order valence-electron chi connectivity index (χ2n) is 5.35. The molecule has 0 aromatic heterocycles. The first-order valence-electron chi connectivity index (χ1n) is 7.03. The van der Waals surface area contributed by atoms with E-state index < -0.39 is 17.6 Å². The lowest BCUT2D eigenvalue weighted by molar-refractivity contribution is -0.138. The first-order chi connectivity index (χ1) is 9.91. The molecule has 1 aliphatic carbocycles. The van der Waals surface area contributed by atoms with Crippen molar-refractivity contribution >= 4 is 11.8 Å². The SMILES string of the molecule is CSC1CCCCC1NCc1ccc(F)cc1C(F)(F)F. The molecule has 1 aromatic carbocycles. The maximum Gasteiger partial charge on any atom is 0.416 e. The van der Waals surface area contributed by atoms with E-state index in [0.717, 1.165) is 25.3 Å². The van der Waals surface area contributed by atoms with Gasteiger partial charge in [-0.2, -0.15) is 24.9 Å². The zero-order valence-corrected chi connectivity index (χ0v) is 12.7. The molecule has 1 N–H and O–H groups in total. The molecular weight excluding hydrogens is 302 g/mol. The van der Waals surface area contributed by atoms with Crippen LogP contribution in [0.25, 0.3) is 0 Å². The van der Waals surface area contributed by atoms with Gasteiger partial charge in [-0.15, -0.1) is 0 Å². The highest BCUT2D eigenvalue weighted by Gasteiger charge is 2.34. The number of thioether (sulfide) groups is 1. The molecule has 1 aliphatic rings. The Kier molecular flexibility index (Phi) is 5.54. The molecule has 0 aliphatic heterocycles. The van der Waals surface area contributed by atoms with Crippen LogP contribution in [-0.2, 0) is 12.7 Å². The summed E-state index contributed by atoms with van der Waals surface area (Å²) in [6.45, 7) is 0.122. The minimum atomic E-state index is -4.52. The lowest BCUT2D eigenvalue weighted by Crippen LogP contribution is -2.40. The van der Waals surface area contributed by atoms with Crippen LogP contribution in [0, 0.1) is 5.82 Å². The molecule has 0 bridgehead atoms. The number of nitrogens with one attached hydrogen (secondary N) is 1. The molecule has 0 radical (unpaired) electrons. The molecule has 2 atom stereocenters. The quantitative estimate of drug-likeness (QED) is 0.813. The smallest absolute Gasteiger partial charge is 0.309 e. The van der Waals surface area contributed by atoms with E-state index in [4.69, 9.17) is 0 Å². The molecule has 1 nitrogen and oxygen atoms in total. The van der Waals surface area contributed by atoms with E-state index in [1.54, 1.807) is 11.8 Å². The van der Waals surface area contributed by atoms with Gasteiger partial charge in [-0.1, -0.05) is 18.9 Å². The van der Waals surface area contributed by atoms with Crippen LogP contribution in [0.3, 0.4) is 0 Å². The van der Waals surface area contributed by atoms with Gasteiger partial charge in [-0.3, -0.25) is 0 Å². The number of benzene rings is 1. The third-order valence-electron chi connectivity index (χ3n) is 3.94. The Morgan fingerprint density at radius 2 is 1.95 bits per heavy atom. The van der Waals surface area contributed by atoms with Crippen molar-refractivity contribution in [3.05, 3.63) is 35.1 Å². The summed E-state index contributed by atoms with van der Waals surface area (Å²) in [5.74, 6) is -0.856. The highest BCUT2D eigenvalue weighted by atomic mass is 32.2. The summed E-state index contributed by atoms with van der Waals surface area (Å²) in [5, 5.41) is 3.67. The second kappa shape index (κ2) is 7.01. The number of halogens is 4. The predicted molar refractivity (Wildman–Crippen MR) is 77.8 cm³/mol. The van der Waals surface area contributed by atoms with E-state index in [9.17, 15) is 17.6 Å². The molecule has 2 rings (SSSR count). The fraction of sp³-hybridized carbons (Fsp3) is 0.600. The topological polar surface area (TPSA) is 12.0 Å². The van der Waals surface area contributed by atoms with Crippen molar-refractivity contribution in [2.45, 2.75) is 49.7 Å². The van der Waals surface area contributed by atoms with Gasteiger partial charge >= 0.3 is 6.18 Å². The van der Waals surface area contributed by atoms with Crippen molar-refractivity contribution in [1.82, 2.24) is 5.32 Å². The molecule has 2 unspecified atom stereocenters. The molecule has 118 valence electrons. The molecule has 0 heterocycles. The van der Waals surface area contributed by atoms with Gasteiger partial charge in [0.25, 0.3) is 0 Å². The Morgan fingerprint density at radius 1 is 1.24 bits per heavy atom. The van der Waals surface area contributed by atoms with Crippen molar-refractivity contribution in [2.75, 3.05) is 6.26 Å². The maximum atomic E-state index is 13.1. The number of hydrogen-bond acceptors (Lipinski definition) is 2. The van der Waals surface area contributed by atoms with Gasteiger partial charge in [0.15, 0.2) is 0 Å². The van der Waals surface area contributed by atoms with Crippen LogP contribution >= 0.6 is 11.8 Å². The molecule has 1 aromatic rings. The minimum absolute atomic E-state index is 0.106.